The number of allylic oxidation sites excluding steroid dienone is 1. The van der Waals surface area contributed by atoms with Gasteiger partial charge in [-0.25, -0.2) is 15.0 Å². The molecule has 1 aromatic carbocycles. The van der Waals surface area contributed by atoms with E-state index >= 15 is 0 Å². The molecule has 4 aromatic rings. The molecule has 0 saturated carbocycles. The molecule has 178 valence electrons. The first-order valence-electron chi connectivity index (χ1n) is 11.6. The lowest BCUT2D eigenvalue weighted by atomic mass is 10.2. The maximum absolute atomic E-state index is 5.68. The smallest absolute Gasteiger partial charge is 0.184 e. The summed E-state index contributed by atoms with van der Waals surface area (Å²) >= 11 is 0. The summed E-state index contributed by atoms with van der Waals surface area (Å²) in [6, 6.07) is 14.0. The molecule has 1 aliphatic heterocycles. The highest BCUT2D eigenvalue weighted by Gasteiger charge is 2.27. The van der Waals surface area contributed by atoms with E-state index < -0.39 is 0 Å². The number of hydrazone groups is 1. The first-order valence-corrected chi connectivity index (χ1v) is 11.6. The van der Waals surface area contributed by atoms with E-state index in [0.29, 0.717) is 24.7 Å². The molecule has 3 aromatic heterocycles. The number of morpholine rings is 1. The number of hydrogen-bond donors (Lipinski definition) is 0. The number of imidazole rings is 1. The van der Waals surface area contributed by atoms with Crippen LogP contribution >= 0.6 is 0 Å². The summed E-state index contributed by atoms with van der Waals surface area (Å²) in [6.45, 7) is 8.11. The fourth-order valence-corrected chi connectivity index (χ4v) is 4.20. The number of benzene rings is 1. The maximum Gasteiger partial charge on any atom is 0.184 e. The number of rotatable bonds is 6. The van der Waals surface area contributed by atoms with Gasteiger partial charge in [0.05, 0.1) is 24.9 Å². The van der Waals surface area contributed by atoms with Gasteiger partial charge in [-0.1, -0.05) is 24.8 Å². The van der Waals surface area contributed by atoms with Crippen molar-refractivity contribution >= 4 is 28.4 Å². The molecule has 9 heteroatoms. The van der Waals surface area contributed by atoms with Crippen LogP contribution in [0.5, 0.6) is 0 Å². The van der Waals surface area contributed by atoms with Crippen molar-refractivity contribution in [2.45, 2.75) is 13.0 Å². The molecule has 0 N–H and O–H groups in total. The van der Waals surface area contributed by atoms with Crippen LogP contribution in [0.25, 0.3) is 22.6 Å². The summed E-state index contributed by atoms with van der Waals surface area (Å²) in [5.41, 5.74) is 3.97. The van der Waals surface area contributed by atoms with Gasteiger partial charge in [-0.15, -0.1) is 0 Å². The van der Waals surface area contributed by atoms with Gasteiger partial charge in [0.25, 0.3) is 0 Å². The van der Waals surface area contributed by atoms with Crippen LogP contribution in [-0.4, -0.2) is 63.1 Å². The van der Waals surface area contributed by atoms with Crippen LogP contribution in [0.3, 0.4) is 0 Å². The Bertz CT molecular complexity index is 1370. The third-order valence-corrected chi connectivity index (χ3v) is 6.09. The molecule has 1 saturated heterocycles. The topological polar surface area (TPSA) is 84.6 Å². The Balaban J connectivity index is 1.68. The number of anilines is 2. The van der Waals surface area contributed by atoms with Gasteiger partial charge in [0.15, 0.2) is 22.8 Å². The van der Waals surface area contributed by atoms with Crippen molar-refractivity contribution in [2.75, 3.05) is 36.7 Å². The van der Waals surface area contributed by atoms with Crippen LogP contribution in [0, 0.1) is 0 Å². The van der Waals surface area contributed by atoms with Gasteiger partial charge in [-0.05, 0) is 37.3 Å². The number of aryl methyl sites for hydroxylation is 1. The molecule has 0 aliphatic carbocycles. The van der Waals surface area contributed by atoms with Gasteiger partial charge >= 0.3 is 0 Å². The molecule has 1 aliphatic rings. The predicted octanol–water partition coefficient (Wildman–Crippen LogP) is 3.68. The molecule has 4 heterocycles. The van der Waals surface area contributed by atoms with Crippen LogP contribution < -0.4 is 9.91 Å². The molecule has 0 amide bonds. The zero-order valence-electron chi connectivity index (χ0n) is 20.2. The second-order valence-electron chi connectivity index (χ2n) is 8.44. The van der Waals surface area contributed by atoms with Crippen molar-refractivity contribution in [1.82, 2.24) is 24.5 Å². The van der Waals surface area contributed by atoms with E-state index in [4.69, 9.17) is 24.8 Å². The first-order chi connectivity index (χ1) is 17.1. The summed E-state index contributed by atoms with van der Waals surface area (Å²) < 4.78 is 7.67. The number of fused-ring (bicyclic) bond motifs is 1. The summed E-state index contributed by atoms with van der Waals surface area (Å²) in [7, 11) is 3.86. The van der Waals surface area contributed by atoms with Gasteiger partial charge in [-0.2, -0.15) is 5.10 Å². The molecular formula is C26H28N8O. The molecule has 1 unspecified atom stereocenters. The van der Waals surface area contributed by atoms with Gasteiger partial charge < -0.3 is 14.2 Å². The summed E-state index contributed by atoms with van der Waals surface area (Å²) in [6.07, 6.45) is 5.21. The Kier molecular flexibility index (Phi) is 6.24. The molecule has 9 nitrogen and oxygen atoms in total. The van der Waals surface area contributed by atoms with Crippen LogP contribution in [0.2, 0.25) is 0 Å². The minimum atomic E-state index is 0.150. The number of hydrogen-bond acceptors (Lipinski definition) is 8. The van der Waals surface area contributed by atoms with Gasteiger partial charge in [0.2, 0.25) is 0 Å². The minimum absolute atomic E-state index is 0.150. The fourth-order valence-electron chi connectivity index (χ4n) is 4.20. The molecule has 5 rings (SSSR count). The zero-order valence-corrected chi connectivity index (χ0v) is 20.2. The van der Waals surface area contributed by atoms with Crippen LogP contribution in [0.15, 0.2) is 72.6 Å². The Morgan fingerprint density at radius 3 is 2.63 bits per heavy atom. The zero-order chi connectivity index (χ0) is 24.4. The van der Waals surface area contributed by atoms with E-state index in [1.54, 1.807) is 23.5 Å². The minimum Gasteiger partial charge on any atom is -0.377 e. The van der Waals surface area contributed by atoms with Crippen LogP contribution in [0.4, 0.5) is 11.5 Å². The van der Waals surface area contributed by atoms with E-state index in [-0.39, 0.29) is 6.04 Å². The molecule has 1 atom stereocenters. The Hall–Kier alpha value is -4.11. The number of para-hydroxylation sites is 1. The van der Waals surface area contributed by atoms with Crippen molar-refractivity contribution in [3.05, 3.63) is 73.3 Å². The van der Waals surface area contributed by atoms with Gasteiger partial charge in [0.1, 0.15) is 11.5 Å². The summed E-state index contributed by atoms with van der Waals surface area (Å²) in [5, 5.41) is 6.57. The van der Waals surface area contributed by atoms with Crippen LogP contribution in [-0.2, 0) is 11.8 Å². The average molecular weight is 469 g/mol. The second kappa shape index (κ2) is 9.63. The van der Waals surface area contributed by atoms with E-state index in [1.807, 2.05) is 61.1 Å². The maximum atomic E-state index is 5.68. The number of pyridine rings is 1. The highest BCUT2D eigenvalue weighted by atomic mass is 16.5. The molecule has 0 radical (unpaired) electrons. The standard InChI is InChI=1S/C26H28N8O/c1-5-21(31-33(4)20-9-7-6-8-10-20)23-29-25-22(26(30-23)34-15-16-35-17-18(34)2)28-24(32(25)3)19-11-13-27-14-12-19/h5-14,18H,1,15-17H2,2-4H3/b31-21+. The van der Waals surface area contributed by atoms with Crippen molar-refractivity contribution in [1.29, 1.82) is 0 Å². The SMILES string of the molecule is C=C/C(=N\N(C)c1ccccc1)c1nc(N2CCOCC2C)c2nc(-c3ccncc3)n(C)c2n1. The molecule has 35 heavy (non-hydrogen) atoms. The lowest BCUT2D eigenvalue weighted by Gasteiger charge is -2.34. The van der Waals surface area contributed by atoms with Gasteiger partial charge in [0, 0.05) is 38.6 Å². The van der Waals surface area contributed by atoms with Crippen molar-refractivity contribution in [3.63, 3.8) is 0 Å². The monoisotopic (exact) mass is 468 g/mol. The summed E-state index contributed by atoms with van der Waals surface area (Å²) in [4.78, 5) is 21.2. The van der Waals surface area contributed by atoms with Crippen molar-refractivity contribution < 1.29 is 4.74 Å². The van der Waals surface area contributed by atoms with E-state index in [2.05, 4.69) is 23.4 Å². The molecule has 0 spiro atoms. The quantitative estimate of drug-likeness (QED) is 0.315. The van der Waals surface area contributed by atoms with Gasteiger partial charge in [-0.3, -0.25) is 9.99 Å². The summed E-state index contributed by atoms with van der Waals surface area (Å²) in [5.74, 6) is 2.07. The van der Waals surface area contributed by atoms with E-state index in [9.17, 15) is 0 Å². The Labute approximate surface area is 204 Å². The third kappa shape index (κ3) is 4.38. The highest BCUT2D eigenvalue weighted by Crippen LogP contribution is 2.30. The number of aromatic nitrogens is 5. The van der Waals surface area contributed by atoms with Crippen molar-refractivity contribution in [2.24, 2.45) is 12.1 Å². The largest absolute Gasteiger partial charge is 0.377 e. The molecule has 0 bridgehead atoms. The predicted molar refractivity (Wildman–Crippen MR) is 139 cm³/mol. The van der Waals surface area contributed by atoms with Crippen molar-refractivity contribution in [3.8, 4) is 11.4 Å². The fraction of sp³-hybridized carbons (Fsp3) is 0.269. The van der Waals surface area contributed by atoms with E-state index in [0.717, 1.165) is 40.6 Å². The second-order valence-corrected chi connectivity index (χ2v) is 8.44. The average Bonchev–Trinajstić information content (AvgIpc) is 3.24. The first kappa shape index (κ1) is 22.7. The third-order valence-electron chi connectivity index (χ3n) is 6.09. The highest BCUT2D eigenvalue weighted by molar-refractivity contribution is 6.07. The Morgan fingerprint density at radius 2 is 1.91 bits per heavy atom. The lowest BCUT2D eigenvalue weighted by Crippen LogP contribution is -2.44. The molecule has 1 fully saturated rings. The lowest BCUT2D eigenvalue weighted by molar-refractivity contribution is 0.0986. The number of nitrogens with zero attached hydrogens (tertiary/aromatic N) is 8. The van der Waals surface area contributed by atoms with E-state index in [1.165, 1.54) is 0 Å². The van der Waals surface area contributed by atoms with Crippen LogP contribution in [0.1, 0.15) is 12.7 Å². The molecular weight excluding hydrogens is 440 g/mol. The normalized spacial score (nSPS) is 16.5. The Morgan fingerprint density at radius 1 is 1.14 bits per heavy atom. The number of ether oxygens (including phenoxy) is 1.